The Kier molecular flexibility index (Phi) is 1.02. The molecule has 2 aliphatic carbocycles. The molecule has 0 bridgehead atoms. The van der Waals surface area contributed by atoms with Crippen molar-refractivity contribution in [1.82, 2.24) is 0 Å². The van der Waals surface area contributed by atoms with Gasteiger partial charge in [0.25, 0.3) is 5.92 Å². The van der Waals surface area contributed by atoms with Crippen LogP contribution >= 0.6 is 0 Å². The molecule has 1 saturated carbocycles. The number of rotatable bonds is 1. The van der Waals surface area contributed by atoms with E-state index in [4.69, 9.17) is 0 Å². The Morgan fingerprint density at radius 1 is 1.20 bits per heavy atom. The minimum Gasteiger partial charge on any atom is -0.207 e. The molecule has 10 heavy (non-hydrogen) atoms. The zero-order chi connectivity index (χ0) is 7.19. The summed E-state index contributed by atoms with van der Waals surface area (Å²) in [7, 11) is 0. The van der Waals surface area contributed by atoms with Crippen LogP contribution in [-0.4, -0.2) is 5.92 Å². The van der Waals surface area contributed by atoms with Gasteiger partial charge in [-0.25, -0.2) is 8.78 Å². The smallest absolute Gasteiger partial charge is 0.207 e. The van der Waals surface area contributed by atoms with Gasteiger partial charge in [0.1, 0.15) is 0 Å². The van der Waals surface area contributed by atoms with Gasteiger partial charge in [-0.15, -0.1) is 0 Å². The van der Waals surface area contributed by atoms with E-state index in [1.165, 1.54) is 0 Å². The van der Waals surface area contributed by atoms with Crippen molar-refractivity contribution in [3.63, 3.8) is 0 Å². The average Bonchev–Trinajstić information content (AvgIpc) is 2.31. The van der Waals surface area contributed by atoms with E-state index >= 15 is 0 Å². The van der Waals surface area contributed by atoms with Crippen LogP contribution in [0.25, 0.3) is 0 Å². The molecule has 0 saturated heterocycles. The Bertz CT molecular complexity index is 191. The summed E-state index contributed by atoms with van der Waals surface area (Å²) in [6.45, 7) is 0. The summed E-state index contributed by atoms with van der Waals surface area (Å²) in [4.78, 5) is 0. The molecule has 2 aliphatic rings. The molecule has 0 spiro atoms. The van der Waals surface area contributed by atoms with E-state index in [-0.39, 0.29) is 12.3 Å². The number of allylic oxidation sites excluding steroid dienone is 4. The van der Waals surface area contributed by atoms with Gasteiger partial charge in [0.2, 0.25) is 0 Å². The molecular weight excluding hydrogens is 134 g/mol. The lowest BCUT2D eigenvalue weighted by Gasteiger charge is -2.00. The quantitative estimate of drug-likeness (QED) is 0.527. The third kappa shape index (κ3) is 0.789. The monoisotopic (exact) mass is 142 g/mol. The first-order chi connectivity index (χ1) is 4.70. The van der Waals surface area contributed by atoms with Crippen LogP contribution in [0.2, 0.25) is 0 Å². The van der Waals surface area contributed by atoms with Gasteiger partial charge in [-0.2, -0.15) is 0 Å². The second-order valence-electron chi connectivity index (χ2n) is 2.92. The lowest BCUT2D eigenvalue weighted by atomic mass is 10.1. The predicted octanol–water partition coefficient (Wildman–Crippen LogP) is 2.38. The molecule has 1 unspecified atom stereocenters. The number of halogens is 2. The van der Waals surface area contributed by atoms with Crippen molar-refractivity contribution in [3.8, 4) is 0 Å². The van der Waals surface area contributed by atoms with Crippen molar-refractivity contribution in [1.29, 1.82) is 0 Å². The molecule has 0 N–H and O–H groups in total. The third-order valence-corrected chi connectivity index (χ3v) is 2.12. The van der Waals surface area contributed by atoms with Crippen molar-refractivity contribution in [2.45, 2.75) is 12.3 Å². The lowest BCUT2D eigenvalue weighted by molar-refractivity contribution is 0.0940. The van der Waals surface area contributed by atoms with Crippen molar-refractivity contribution < 1.29 is 8.78 Å². The first kappa shape index (κ1) is 6.08. The Morgan fingerprint density at radius 3 is 2.10 bits per heavy atom. The molecule has 0 aromatic carbocycles. The van der Waals surface area contributed by atoms with Gasteiger partial charge in [-0.1, -0.05) is 24.3 Å². The van der Waals surface area contributed by atoms with E-state index in [0.717, 1.165) is 0 Å². The van der Waals surface area contributed by atoms with E-state index in [9.17, 15) is 8.78 Å². The van der Waals surface area contributed by atoms with Crippen LogP contribution in [0.3, 0.4) is 0 Å². The SMILES string of the molecule is FC1(F)CC1C1C=CC=C1. The fourth-order valence-corrected chi connectivity index (χ4v) is 1.37. The second-order valence-corrected chi connectivity index (χ2v) is 2.92. The molecule has 2 heteroatoms. The topological polar surface area (TPSA) is 0 Å². The number of hydrogen-bond donors (Lipinski definition) is 0. The van der Waals surface area contributed by atoms with Crippen molar-refractivity contribution in [3.05, 3.63) is 24.3 Å². The Labute approximate surface area is 58.2 Å². The summed E-state index contributed by atoms with van der Waals surface area (Å²) in [5.41, 5.74) is 0. The fraction of sp³-hybridized carbons (Fsp3) is 0.500. The minimum absolute atomic E-state index is 0.00926. The molecule has 0 radical (unpaired) electrons. The molecule has 0 aromatic heterocycles. The minimum atomic E-state index is -2.37. The van der Waals surface area contributed by atoms with Crippen molar-refractivity contribution >= 4 is 0 Å². The Balaban J connectivity index is 2.04. The highest BCUT2D eigenvalue weighted by Crippen LogP contribution is 2.54. The molecule has 0 aliphatic heterocycles. The predicted molar refractivity (Wildman–Crippen MR) is 34.8 cm³/mol. The lowest BCUT2D eigenvalue weighted by Crippen LogP contribution is -2.01. The summed E-state index contributed by atoms with van der Waals surface area (Å²) in [6, 6.07) is 0. The van der Waals surface area contributed by atoms with E-state index < -0.39 is 11.8 Å². The molecule has 54 valence electrons. The van der Waals surface area contributed by atoms with Gasteiger partial charge >= 0.3 is 0 Å². The molecule has 0 aromatic rings. The van der Waals surface area contributed by atoms with Crippen LogP contribution in [-0.2, 0) is 0 Å². The zero-order valence-corrected chi connectivity index (χ0v) is 5.43. The van der Waals surface area contributed by atoms with Gasteiger partial charge in [-0.05, 0) is 0 Å². The highest BCUT2D eigenvalue weighted by atomic mass is 19.3. The van der Waals surface area contributed by atoms with Gasteiger partial charge in [0.15, 0.2) is 0 Å². The van der Waals surface area contributed by atoms with Gasteiger partial charge in [0, 0.05) is 18.3 Å². The van der Waals surface area contributed by atoms with E-state index in [0.29, 0.717) is 0 Å². The summed E-state index contributed by atoms with van der Waals surface area (Å²) in [5.74, 6) is -2.76. The molecule has 0 amide bonds. The highest BCUT2D eigenvalue weighted by molar-refractivity contribution is 5.22. The second kappa shape index (κ2) is 1.68. The molecule has 2 rings (SSSR count). The first-order valence-corrected chi connectivity index (χ1v) is 3.43. The van der Waals surface area contributed by atoms with E-state index in [1.54, 1.807) is 0 Å². The van der Waals surface area contributed by atoms with Crippen LogP contribution < -0.4 is 0 Å². The van der Waals surface area contributed by atoms with Gasteiger partial charge in [-0.3, -0.25) is 0 Å². The van der Waals surface area contributed by atoms with Crippen LogP contribution in [0, 0.1) is 11.8 Å². The molecule has 0 nitrogen and oxygen atoms in total. The maximum absolute atomic E-state index is 12.4. The van der Waals surface area contributed by atoms with Crippen LogP contribution in [0.15, 0.2) is 24.3 Å². The number of alkyl halides is 2. The van der Waals surface area contributed by atoms with Crippen LogP contribution in [0.1, 0.15) is 6.42 Å². The largest absolute Gasteiger partial charge is 0.252 e. The van der Waals surface area contributed by atoms with Crippen LogP contribution in [0.4, 0.5) is 8.78 Å². The average molecular weight is 142 g/mol. The maximum atomic E-state index is 12.4. The van der Waals surface area contributed by atoms with Crippen LogP contribution in [0.5, 0.6) is 0 Å². The van der Waals surface area contributed by atoms with E-state index in [2.05, 4.69) is 0 Å². The Morgan fingerprint density at radius 2 is 1.70 bits per heavy atom. The standard InChI is InChI=1S/C8H8F2/c9-8(10)5-7(8)6-3-1-2-4-6/h1-4,6-7H,5H2. The zero-order valence-electron chi connectivity index (χ0n) is 5.43. The molecular formula is C8H8F2. The van der Waals surface area contributed by atoms with Crippen molar-refractivity contribution in [2.75, 3.05) is 0 Å². The molecule has 1 atom stereocenters. The van der Waals surface area contributed by atoms with Gasteiger partial charge in [0.05, 0.1) is 0 Å². The summed E-state index contributed by atoms with van der Waals surface area (Å²) >= 11 is 0. The number of hydrogen-bond acceptors (Lipinski definition) is 0. The van der Waals surface area contributed by atoms with Gasteiger partial charge < -0.3 is 0 Å². The third-order valence-electron chi connectivity index (χ3n) is 2.12. The van der Waals surface area contributed by atoms with Crippen molar-refractivity contribution in [2.24, 2.45) is 11.8 Å². The molecule has 1 fully saturated rings. The summed E-state index contributed by atoms with van der Waals surface area (Å²) in [5, 5.41) is 0. The summed E-state index contributed by atoms with van der Waals surface area (Å²) < 4.78 is 24.8. The Hall–Kier alpha value is -0.660. The fourth-order valence-electron chi connectivity index (χ4n) is 1.37. The van der Waals surface area contributed by atoms with E-state index in [1.807, 2.05) is 24.3 Å². The molecule has 0 heterocycles. The normalized spacial score (nSPS) is 35.2. The highest BCUT2D eigenvalue weighted by Gasteiger charge is 2.59. The first-order valence-electron chi connectivity index (χ1n) is 3.43. The summed E-state index contributed by atoms with van der Waals surface area (Å²) in [6.07, 6.45) is 7.42. The maximum Gasteiger partial charge on any atom is 0.252 e.